The first-order chi connectivity index (χ1) is 31.7. The van der Waals surface area contributed by atoms with Gasteiger partial charge in [0.1, 0.15) is 22.2 Å². The first-order valence-corrected chi connectivity index (χ1v) is 28.4. The number of hydrogen-bond acceptors (Lipinski definition) is 6. The molecule has 5 aromatic rings. The van der Waals surface area contributed by atoms with Crippen molar-refractivity contribution in [1.29, 1.82) is 0 Å². The Kier molecular flexibility index (Phi) is 15.3. The molecule has 3 heterocycles. The highest BCUT2D eigenvalue weighted by molar-refractivity contribution is 7.39. The molecule has 386 valence electrons. The van der Waals surface area contributed by atoms with Gasteiger partial charge in [-0.3, -0.25) is 0 Å². The van der Waals surface area contributed by atoms with Crippen molar-refractivity contribution in [3.8, 4) is 0 Å². The molecule has 0 bridgehead atoms. The van der Waals surface area contributed by atoms with Crippen molar-refractivity contribution in [2.24, 2.45) is 10.8 Å². The van der Waals surface area contributed by atoms with Gasteiger partial charge < -0.3 is 16.8 Å². The summed E-state index contributed by atoms with van der Waals surface area (Å²) in [6, 6.07) is 14.4. The van der Waals surface area contributed by atoms with Crippen molar-refractivity contribution >= 4 is 60.9 Å². The molecule has 2 aromatic heterocycles. The Hall–Kier alpha value is -3.40. The van der Waals surface area contributed by atoms with E-state index < -0.39 is 16.3 Å². The average molecular weight is 993 g/mol. The van der Waals surface area contributed by atoms with E-state index in [1.165, 1.54) is 33.4 Å². The summed E-state index contributed by atoms with van der Waals surface area (Å²) in [7, 11) is -3.21. The van der Waals surface area contributed by atoms with Gasteiger partial charge in [-0.15, -0.1) is 0 Å². The van der Waals surface area contributed by atoms with Gasteiger partial charge in [-0.05, 0) is 91.1 Å². The molecule has 1 atom stereocenters. The first kappa shape index (κ1) is 55.9. The number of allylic oxidation sites excluding steroid dienone is 1. The molecule has 0 amide bonds. The van der Waals surface area contributed by atoms with E-state index >= 15 is 0 Å². The molecule has 1 aliphatic heterocycles. The Morgan fingerprint density at radius 3 is 1.13 bits per heavy atom. The van der Waals surface area contributed by atoms with Crippen LogP contribution in [0.4, 0.5) is 0 Å². The van der Waals surface area contributed by atoms with Gasteiger partial charge in [-0.2, -0.15) is 0 Å². The van der Waals surface area contributed by atoms with Gasteiger partial charge in [0.2, 0.25) is 0 Å². The van der Waals surface area contributed by atoms with Crippen LogP contribution in [0, 0.1) is 10.8 Å². The highest BCUT2D eigenvalue weighted by Gasteiger charge is 2.32. The lowest BCUT2D eigenvalue weighted by Crippen LogP contribution is -2.32. The summed E-state index contributed by atoms with van der Waals surface area (Å²) in [5.41, 5.74) is 11.3. The molecule has 0 spiro atoms. The molecule has 3 aromatic carbocycles. The summed E-state index contributed by atoms with van der Waals surface area (Å²) in [5, 5.41) is 4.46. The monoisotopic (exact) mass is 993 g/mol. The Morgan fingerprint density at radius 1 is 0.471 bits per heavy atom. The number of benzene rings is 3. The lowest BCUT2D eigenvalue weighted by atomic mass is 9.77. The second kappa shape index (κ2) is 19.1. The van der Waals surface area contributed by atoms with Gasteiger partial charge in [0.15, 0.2) is 0 Å². The maximum atomic E-state index is 7.55. The van der Waals surface area contributed by atoms with Crippen LogP contribution in [0.25, 0.3) is 44.6 Å². The number of rotatable bonds is 4. The summed E-state index contributed by atoms with van der Waals surface area (Å²) in [6.07, 6.45) is 6.21. The van der Waals surface area contributed by atoms with E-state index in [0.29, 0.717) is 6.54 Å². The van der Waals surface area contributed by atoms with Crippen molar-refractivity contribution in [3.63, 3.8) is 0 Å². The summed E-state index contributed by atoms with van der Waals surface area (Å²) in [5.74, 6) is 0. The summed E-state index contributed by atoms with van der Waals surface area (Å²) in [4.78, 5) is 0. The fraction of sp³-hybridized carbons (Fsp3) is 0.613. The van der Waals surface area contributed by atoms with Crippen LogP contribution >= 0.6 is 16.3 Å². The van der Waals surface area contributed by atoms with Crippen LogP contribution < -0.4 is 20.0 Å². The number of hydrogen-bond donors (Lipinski definition) is 0. The zero-order valence-corrected chi connectivity index (χ0v) is 50.3. The molecule has 0 N–H and O–H groups in total. The quantitative estimate of drug-likeness (QED) is 0.179. The predicted octanol–water partition coefficient (Wildman–Crippen LogP) is 18.1. The van der Waals surface area contributed by atoms with Crippen molar-refractivity contribution in [2.75, 3.05) is 35.5 Å². The van der Waals surface area contributed by atoms with E-state index in [2.05, 4.69) is 225 Å². The third-order valence-corrected chi connectivity index (χ3v) is 17.0. The average Bonchev–Trinajstić information content (AvgIpc) is 3.59. The van der Waals surface area contributed by atoms with E-state index in [9.17, 15) is 0 Å². The molecule has 1 saturated heterocycles. The topological polar surface area (TPSA) is 59.0 Å². The minimum atomic E-state index is -1.62. The third kappa shape index (κ3) is 12.3. The molecule has 1 aliphatic rings. The SMILES string of the molecule is C=C/C(=c1/op(N2CCCN(p3oc4c(C(C)(C)C)cc(C(C)(C)C)cc4c4cc(C(C)(C)C)cc(C(C)(C)C)c4o3)CC2)oc2c(C(C)(C)C)cc(C(C)(C)C)cc2/c1=C/CC(C)(C)C)C(C)(C)C. The van der Waals surface area contributed by atoms with E-state index in [4.69, 9.17) is 16.8 Å². The van der Waals surface area contributed by atoms with Crippen LogP contribution in [0.5, 0.6) is 0 Å². The Morgan fingerprint density at radius 2 is 0.814 bits per heavy atom. The van der Waals surface area contributed by atoms with Crippen LogP contribution in [0.3, 0.4) is 0 Å². The summed E-state index contributed by atoms with van der Waals surface area (Å²) < 4.78 is 35.1. The minimum absolute atomic E-state index is 0.0605. The molecular formula is C62H94N2O4P2. The van der Waals surface area contributed by atoms with E-state index in [-0.39, 0.29) is 43.3 Å². The van der Waals surface area contributed by atoms with Crippen LogP contribution in [0.15, 0.2) is 65.8 Å². The maximum absolute atomic E-state index is 7.55. The largest absolute Gasteiger partial charge is 0.407 e. The van der Waals surface area contributed by atoms with Crippen LogP contribution in [-0.4, -0.2) is 26.2 Å². The third-order valence-electron chi connectivity index (χ3n) is 13.9. The number of fused-ring (bicyclic) bond motifs is 4. The highest BCUT2D eigenvalue weighted by atomic mass is 31.1. The fourth-order valence-electron chi connectivity index (χ4n) is 9.27. The molecule has 6 rings (SSSR count). The van der Waals surface area contributed by atoms with Crippen LogP contribution in [0.1, 0.15) is 212 Å². The lowest BCUT2D eigenvalue weighted by Gasteiger charge is -2.27. The van der Waals surface area contributed by atoms with Gasteiger partial charge in [0.25, 0.3) is 0 Å². The first-order valence-electron chi connectivity index (χ1n) is 26.2. The van der Waals surface area contributed by atoms with Gasteiger partial charge in [0.05, 0.1) is 0 Å². The van der Waals surface area contributed by atoms with Crippen LogP contribution in [-0.2, 0) is 32.5 Å². The molecule has 1 unspecified atom stereocenters. The number of nitrogens with zero attached hydrogens (tertiary/aromatic N) is 2. The second-order valence-electron chi connectivity index (χ2n) is 28.9. The van der Waals surface area contributed by atoms with Gasteiger partial charge in [-0.1, -0.05) is 203 Å². The summed E-state index contributed by atoms with van der Waals surface area (Å²) in [6.45, 7) is 62.9. The summed E-state index contributed by atoms with van der Waals surface area (Å²) >= 11 is 0. The zero-order chi connectivity index (χ0) is 52.7. The van der Waals surface area contributed by atoms with E-state index in [1.54, 1.807) is 0 Å². The van der Waals surface area contributed by atoms with E-state index in [1.807, 2.05) is 6.08 Å². The molecule has 1 fully saturated rings. The normalized spacial score (nSPS) is 16.9. The molecular weight excluding hydrogens is 899 g/mol. The van der Waals surface area contributed by atoms with Gasteiger partial charge >= 0.3 is 16.3 Å². The molecule has 6 nitrogen and oxygen atoms in total. The molecule has 0 aliphatic carbocycles. The minimum Gasteiger partial charge on any atom is -0.407 e. The van der Waals surface area contributed by atoms with Crippen molar-refractivity contribution in [3.05, 3.63) is 93.1 Å². The van der Waals surface area contributed by atoms with Crippen LogP contribution in [0.2, 0.25) is 0 Å². The molecule has 70 heavy (non-hydrogen) atoms. The standard InChI is InChI=1S/C62H94N2O4P2/c1-26-47(59(14,15)16)51-43(28-29-55(2,3)4)44-34-40(56(5,6)7)37-48(60(17,18)19)52(44)66-69(65-51)63-30-27-31-64(33-32-63)70-67-53-45(35-41(57(8,9)10)38-49(53)61(20,21)22)46-36-42(58(11,12)13)39-50(54(46)68-70)62(23,24)25/h26,28,34-39H,1,27,29-33H2,2-25H3/b43-28-,51-47-. The van der Waals surface area contributed by atoms with Crippen molar-refractivity contribution in [1.82, 2.24) is 0 Å². The van der Waals surface area contributed by atoms with E-state index in [0.717, 1.165) is 81.6 Å². The smallest absolute Gasteiger partial charge is 0.309 e. The van der Waals surface area contributed by atoms with Crippen molar-refractivity contribution < 1.29 is 16.8 Å². The Labute approximate surface area is 426 Å². The second-order valence-corrected chi connectivity index (χ2v) is 31.7. The van der Waals surface area contributed by atoms with Gasteiger partial charge in [0, 0.05) is 69.8 Å². The molecule has 8 heteroatoms. The predicted molar refractivity (Wildman–Crippen MR) is 309 cm³/mol. The fourth-order valence-corrected chi connectivity index (χ4v) is 12.3. The molecule has 0 saturated carbocycles. The molecule has 0 radical (unpaired) electrons. The lowest BCUT2D eigenvalue weighted by molar-refractivity contribution is 0.431. The van der Waals surface area contributed by atoms with Gasteiger partial charge in [-0.25, -0.2) is 9.34 Å². The highest BCUT2D eigenvalue weighted by Crippen LogP contribution is 2.47. The van der Waals surface area contributed by atoms with Crippen molar-refractivity contribution in [2.45, 2.75) is 212 Å². The maximum Gasteiger partial charge on any atom is 0.309 e. The Bertz CT molecular complexity index is 2890. The Balaban J connectivity index is 1.70. The zero-order valence-electron chi connectivity index (χ0n) is 48.5.